The van der Waals surface area contributed by atoms with Gasteiger partial charge >= 0.3 is 0 Å². The number of benzene rings is 2. The standard InChI is InChI=1S/C17H15N/c1-13-7-5-6-10-15(13)17-12-11-16(18-17)14-8-3-2-4-9-14/h2-12,17H,1H3. The molecule has 1 aliphatic heterocycles. The van der Waals surface area contributed by atoms with Crippen molar-refractivity contribution in [3.05, 3.63) is 83.4 Å². The Balaban J connectivity index is 1.94. The minimum atomic E-state index is 0.168. The van der Waals surface area contributed by atoms with Crippen LogP contribution in [0.4, 0.5) is 0 Å². The van der Waals surface area contributed by atoms with E-state index in [0.717, 1.165) is 5.71 Å². The molecule has 0 saturated carbocycles. The van der Waals surface area contributed by atoms with Crippen molar-refractivity contribution in [1.82, 2.24) is 0 Å². The average Bonchev–Trinajstić information content (AvgIpc) is 2.90. The normalized spacial score (nSPS) is 17.8. The second-order valence-electron chi connectivity index (χ2n) is 4.54. The Bertz CT molecular complexity index is 609. The third kappa shape index (κ3) is 2.00. The lowest BCUT2D eigenvalue weighted by atomic mass is 10.0. The lowest BCUT2D eigenvalue weighted by Gasteiger charge is -2.08. The third-order valence-electron chi connectivity index (χ3n) is 3.29. The quantitative estimate of drug-likeness (QED) is 0.740. The number of aliphatic imine (C=N–C) groups is 1. The first kappa shape index (κ1) is 11.0. The van der Waals surface area contributed by atoms with Gasteiger partial charge in [-0.25, -0.2) is 0 Å². The van der Waals surface area contributed by atoms with E-state index < -0.39 is 0 Å². The van der Waals surface area contributed by atoms with Gasteiger partial charge in [-0.3, -0.25) is 4.99 Å². The molecule has 0 radical (unpaired) electrons. The molecule has 0 spiro atoms. The predicted octanol–water partition coefficient (Wildman–Crippen LogP) is 4.10. The van der Waals surface area contributed by atoms with Gasteiger partial charge in [0.1, 0.15) is 0 Å². The third-order valence-corrected chi connectivity index (χ3v) is 3.29. The molecule has 1 aliphatic rings. The number of rotatable bonds is 2. The summed E-state index contributed by atoms with van der Waals surface area (Å²) in [5.41, 5.74) is 4.85. The first-order valence-electron chi connectivity index (χ1n) is 6.21. The molecule has 1 unspecified atom stereocenters. The van der Waals surface area contributed by atoms with Crippen LogP contribution in [-0.4, -0.2) is 5.71 Å². The van der Waals surface area contributed by atoms with Gasteiger partial charge < -0.3 is 0 Å². The van der Waals surface area contributed by atoms with Gasteiger partial charge in [-0.1, -0.05) is 60.7 Å². The fourth-order valence-corrected chi connectivity index (χ4v) is 2.29. The second-order valence-corrected chi connectivity index (χ2v) is 4.54. The maximum Gasteiger partial charge on any atom is 0.0944 e. The summed E-state index contributed by atoms with van der Waals surface area (Å²) in [5.74, 6) is 0. The van der Waals surface area contributed by atoms with Crippen molar-refractivity contribution in [2.45, 2.75) is 13.0 Å². The van der Waals surface area contributed by atoms with Crippen LogP contribution in [0.3, 0.4) is 0 Å². The number of nitrogens with zero attached hydrogens (tertiary/aromatic N) is 1. The maximum atomic E-state index is 4.79. The molecule has 0 bridgehead atoms. The van der Waals surface area contributed by atoms with E-state index in [1.54, 1.807) is 0 Å². The Labute approximate surface area is 108 Å². The summed E-state index contributed by atoms with van der Waals surface area (Å²) in [6.45, 7) is 2.14. The summed E-state index contributed by atoms with van der Waals surface area (Å²) >= 11 is 0. The van der Waals surface area contributed by atoms with Crippen LogP contribution >= 0.6 is 0 Å². The molecule has 1 heterocycles. The van der Waals surface area contributed by atoms with Crippen molar-refractivity contribution < 1.29 is 0 Å². The van der Waals surface area contributed by atoms with Crippen LogP contribution in [-0.2, 0) is 0 Å². The zero-order valence-corrected chi connectivity index (χ0v) is 10.4. The van der Waals surface area contributed by atoms with E-state index >= 15 is 0 Å². The van der Waals surface area contributed by atoms with Crippen LogP contribution in [0.5, 0.6) is 0 Å². The van der Waals surface area contributed by atoms with Crippen LogP contribution in [0, 0.1) is 6.92 Å². The Hall–Kier alpha value is -2.15. The molecule has 1 heteroatoms. The average molecular weight is 233 g/mol. The SMILES string of the molecule is Cc1ccccc1C1C=CC(c2ccccc2)=N1. The number of hydrogen-bond acceptors (Lipinski definition) is 1. The van der Waals surface area contributed by atoms with E-state index in [2.05, 4.69) is 55.5 Å². The number of hydrogen-bond donors (Lipinski definition) is 0. The van der Waals surface area contributed by atoms with E-state index in [4.69, 9.17) is 4.99 Å². The molecule has 2 aromatic carbocycles. The van der Waals surface area contributed by atoms with Crippen LogP contribution < -0.4 is 0 Å². The van der Waals surface area contributed by atoms with E-state index in [1.165, 1.54) is 16.7 Å². The summed E-state index contributed by atoms with van der Waals surface area (Å²) in [7, 11) is 0. The molecule has 0 fully saturated rings. The molecular formula is C17H15N. The Kier molecular flexibility index (Phi) is 2.81. The first-order valence-corrected chi connectivity index (χ1v) is 6.21. The van der Waals surface area contributed by atoms with Crippen molar-refractivity contribution in [3.63, 3.8) is 0 Å². The fraction of sp³-hybridized carbons (Fsp3) is 0.118. The van der Waals surface area contributed by atoms with Crippen molar-refractivity contribution in [3.8, 4) is 0 Å². The second kappa shape index (κ2) is 4.61. The Morgan fingerprint density at radius 2 is 1.61 bits per heavy atom. The minimum Gasteiger partial charge on any atom is -0.272 e. The maximum absolute atomic E-state index is 4.79. The van der Waals surface area contributed by atoms with Gasteiger partial charge in [-0.05, 0) is 29.7 Å². The van der Waals surface area contributed by atoms with Gasteiger partial charge in [0.05, 0.1) is 11.8 Å². The van der Waals surface area contributed by atoms with Crippen LogP contribution in [0.15, 0.2) is 71.7 Å². The summed E-state index contributed by atoms with van der Waals surface area (Å²) in [6.07, 6.45) is 4.29. The Morgan fingerprint density at radius 1 is 0.889 bits per heavy atom. The minimum absolute atomic E-state index is 0.168. The highest BCUT2D eigenvalue weighted by molar-refractivity contribution is 6.10. The van der Waals surface area contributed by atoms with E-state index in [0.29, 0.717) is 0 Å². The van der Waals surface area contributed by atoms with Crippen molar-refractivity contribution in [2.24, 2.45) is 4.99 Å². The highest BCUT2D eigenvalue weighted by Crippen LogP contribution is 2.27. The summed E-state index contributed by atoms with van der Waals surface area (Å²) in [6, 6.07) is 18.9. The van der Waals surface area contributed by atoms with Gasteiger partial charge in [-0.2, -0.15) is 0 Å². The molecule has 2 aromatic rings. The van der Waals surface area contributed by atoms with Gasteiger partial charge in [0.15, 0.2) is 0 Å². The van der Waals surface area contributed by atoms with Crippen LogP contribution in [0.2, 0.25) is 0 Å². The Morgan fingerprint density at radius 3 is 2.39 bits per heavy atom. The van der Waals surface area contributed by atoms with Crippen molar-refractivity contribution in [1.29, 1.82) is 0 Å². The molecular weight excluding hydrogens is 218 g/mol. The molecule has 1 atom stereocenters. The molecule has 0 saturated heterocycles. The van der Waals surface area contributed by atoms with Crippen molar-refractivity contribution >= 4 is 5.71 Å². The molecule has 0 aromatic heterocycles. The van der Waals surface area contributed by atoms with E-state index in [1.807, 2.05) is 18.2 Å². The molecule has 0 N–H and O–H groups in total. The zero-order chi connectivity index (χ0) is 12.4. The molecule has 88 valence electrons. The fourth-order valence-electron chi connectivity index (χ4n) is 2.29. The highest BCUT2D eigenvalue weighted by Gasteiger charge is 2.15. The van der Waals surface area contributed by atoms with Crippen LogP contribution in [0.1, 0.15) is 22.7 Å². The number of aryl methyl sites for hydroxylation is 1. The molecule has 3 rings (SSSR count). The molecule has 1 nitrogen and oxygen atoms in total. The molecule has 0 aliphatic carbocycles. The number of allylic oxidation sites excluding steroid dienone is 1. The predicted molar refractivity (Wildman–Crippen MR) is 76.0 cm³/mol. The van der Waals surface area contributed by atoms with E-state index in [9.17, 15) is 0 Å². The zero-order valence-electron chi connectivity index (χ0n) is 10.4. The summed E-state index contributed by atoms with van der Waals surface area (Å²) in [5, 5.41) is 0. The lowest BCUT2D eigenvalue weighted by Crippen LogP contribution is -1.95. The van der Waals surface area contributed by atoms with Gasteiger partial charge in [0.2, 0.25) is 0 Å². The molecule has 18 heavy (non-hydrogen) atoms. The van der Waals surface area contributed by atoms with Gasteiger partial charge in [-0.15, -0.1) is 0 Å². The monoisotopic (exact) mass is 233 g/mol. The topological polar surface area (TPSA) is 12.4 Å². The summed E-state index contributed by atoms with van der Waals surface area (Å²) in [4.78, 5) is 4.79. The summed E-state index contributed by atoms with van der Waals surface area (Å²) < 4.78 is 0. The molecule has 0 amide bonds. The lowest BCUT2D eigenvalue weighted by molar-refractivity contribution is 0.919. The van der Waals surface area contributed by atoms with Crippen LogP contribution in [0.25, 0.3) is 0 Å². The van der Waals surface area contributed by atoms with Gasteiger partial charge in [0, 0.05) is 0 Å². The largest absolute Gasteiger partial charge is 0.272 e. The van der Waals surface area contributed by atoms with Crippen molar-refractivity contribution in [2.75, 3.05) is 0 Å². The smallest absolute Gasteiger partial charge is 0.0944 e. The first-order chi connectivity index (χ1) is 8.84. The van der Waals surface area contributed by atoms with Gasteiger partial charge in [0.25, 0.3) is 0 Å². The van der Waals surface area contributed by atoms with E-state index in [-0.39, 0.29) is 6.04 Å². The highest BCUT2D eigenvalue weighted by atomic mass is 14.8.